The molecule has 0 aromatic heterocycles. The summed E-state index contributed by atoms with van der Waals surface area (Å²) in [7, 11) is 3.35. The number of unbranched alkanes of at least 4 members (excludes halogenated alkanes) is 2. The van der Waals surface area contributed by atoms with Gasteiger partial charge in [0.25, 0.3) is 0 Å². The summed E-state index contributed by atoms with van der Waals surface area (Å²) < 4.78 is 15.8. The molecule has 0 amide bonds. The Morgan fingerprint density at radius 1 is 0.725 bits per heavy atom. The van der Waals surface area contributed by atoms with Gasteiger partial charge in [-0.05, 0) is 70.4 Å². The van der Waals surface area contributed by atoms with Gasteiger partial charge in [-0.25, -0.2) is 0 Å². The summed E-state index contributed by atoms with van der Waals surface area (Å²) in [5, 5.41) is 0. The molecule has 3 atom stereocenters. The van der Waals surface area contributed by atoms with Crippen molar-refractivity contribution in [2.45, 2.75) is 97.2 Å². The summed E-state index contributed by atoms with van der Waals surface area (Å²) >= 11 is 0. The van der Waals surface area contributed by atoms with Crippen LogP contribution in [0.2, 0.25) is 0 Å². The van der Waals surface area contributed by atoms with Crippen LogP contribution in [0.4, 0.5) is 0 Å². The molecule has 0 aliphatic heterocycles. The molecule has 222 valence electrons. The highest BCUT2D eigenvalue weighted by Crippen LogP contribution is 2.22. The maximum atomic E-state index is 12.1. The number of methoxy groups -OCH3 is 2. The molecular formula is C34H50O6. The van der Waals surface area contributed by atoms with E-state index >= 15 is 0 Å². The standard InChI is InChI=1S/C21H32O4.C13H18O2/c1-4-25-21(23)14-10-6-9-13-19(17(2)22)20(24-3)16-15-18-11-7-5-8-12-18;1-11(14)10-13(15-2)9-8-12-6-4-3-5-7-12/h5,7-8,11-12,19-20H,4,6,9-10,13-16H2,1-3H3;3-7,13H,8-10H2,1-2H3. The van der Waals surface area contributed by atoms with Gasteiger partial charge in [-0.2, -0.15) is 0 Å². The van der Waals surface area contributed by atoms with E-state index in [4.69, 9.17) is 14.2 Å². The van der Waals surface area contributed by atoms with Crippen molar-refractivity contribution in [3.8, 4) is 0 Å². The number of ether oxygens (including phenoxy) is 3. The Kier molecular flexibility index (Phi) is 19.3. The summed E-state index contributed by atoms with van der Waals surface area (Å²) in [4.78, 5) is 34.3. The minimum absolute atomic E-state index is 0.0530. The molecule has 2 rings (SSSR count). The van der Waals surface area contributed by atoms with Crippen molar-refractivity contribution in [1.29, 1.82) is 0 Å². The highest BCUT2D eigenvalue weighted by molar-refractivity contribution is 5.78. The van der Waals surface area contributed by atoms with Crippen molar-refractivity contribution in [2.24, 2.45) is 5.92 Å². The van der Waals surface area contributed by atoms with Crippen molar-refractivity contribution in [1.82, 2.24) is 0 Å². The Balaban J connectivity index is 0.000000453. The molecular weight excluding hydrogens is 504 g/mol. The summed E-state index contributed by atoms with van der Waals surface area (Å²) in [6.45, 7) is 5.50. The van der Waals surface area contributed by atoms with Crippen LogP contribution >= 0.6 is 0 Å². The van der Waals surface area contributed by atoms with E-state index in [1.165, 1.54) is 11.1 Å². The third kappa shape index (κ3) is 16.3. The Morgan fingerprint density at radius 3 is 1.77 bits per heavy atom. The lowest BCUT2D eigenvalue weighted by Crippen LogP contribution is -2.29. The minimum atomic E-state index is -0.136. The second-order valence-corrected chi connectivity index (χ2v) is 10.2. The van der Waals surface area contributed by atoms with Crippen molar-refractivity contribution in [3.05, 3.63) is 71.8 Å². The third-order valence-corrected chi connectivity index (χ3v) is 6.98. The van der Waals surface area contributed by atoms with Gasteiger partial charge >= 0.3 is 5.97 Å². The minimum Gasteiger partial charge on any atom is -0.466 e. The van der Waals surface area contributed by atoms with Crippen LogP contribution in [-0.2, 0) is 41.4 Å². The lowest BCUT2D eigenvalue weighted by molar-refractivity contribution is -0.143. The second kappa shape index (κ2) is 21.9. The zero-order valence-electron chi connectivity index (χ0n) is 25.2. The lowest BCUT2D eigenvalue weighted by Gasteiger charge is -2.24. The van der Waals surface area contributed by atoms with Gasteiger partial charge in [-0.15, -0.1) is 0 Å². The Bertz CT molecular complexity index is 943. The van der Waals surface area contributed by atoms with E-state index in [1.807, 2.05) is 43.3 Å². The average Bonchev–Trinajstić information content (AvgIpc) is 2.95. The van der Waals surface area contributed by atoms with Crippen LogP contribution in [-0.4, -0.2) is 50.6 Å². The van der Waals surface area contributed by atoms with E-state index in [1.54, 1.807) is 28.1 Å². The zero-order valence-corrected chi connectivity index (χ0v) is 25.2. The first kappa shape index (κ1) is 35.2. The number of aryl methyl sites for hydroxylation is 2. The summed E-state index contributed by atoms with van der Waals surface area (Å²) in [5.74, 6) is 0.166. The first-order chi connectivity index (χ1) is 19.3. The maximum Gasteiger partial charge on any atom is 0.305 e. The quantitative estimate of drug-likeness (QED) is 0.138. The molecule has 2 aromatic rings. The smallest absolute Gasteiger partial charge is 0.305 e. The van der Waals surface area contributed by atoms with E-state index in [0.717, 1.165) is 51.4 Å². The predicted octanol–water partition coefficient (Wildman–Crippen LogP) is 6.97. The fourth-order valence-corrected chi connectivity index (χ4v) is 4.73. The van der Waals surface area contributed by atoms with Gasteiger partial charge in [0.15, 0.2) is 0 Å². The van der Waals surface area contributed by atoms with E-state index in [9.17, 15) is 14.4 Å². The lowest BCUT2D eigenvalue weighted by atomic mass is 9.88. The molecule has 0 heterocycles. The fraction of sp³-hybridized carbons (Fsp3) is 0.559. The molecule has 0 bridgehead atoms. The normalized spacial score (nSPS) is 12.9. The summed E-state index contributed by atoms with van der Waals surface area (Å²) in [5.41, 5.74) is 2.56. The number of esters is 1. The molecule has 0 aliphatic carbocycles. The first-order valence-electron chi connectivity index (χ1n) is 14.6. The summed E-state index contributed by atoms with van der Waals surface area (Å²) in [6, 6.07) is 20.5. The van der Waals surface area contributed by atoms with Crippen LogP contribution in [0.1, 0.15) is 83.3 Å². The third-order valence-electron chi connectivity index (χ3n) is 6.98. The zero-order chi connectivity index (χ0) is 29.6. The number of hydrogen-bond acceptors (Lipinski definition) is 6. The molecule has 0 fully saturated rings. The first-order valence-corrected chi connectivity index (χ1v) is 14.6. The monoisotopic (exact) mass is 554 g/mol. The van der Waals surface area contributed by atoms with Gasteiger partial charge in [-0.1, -0.05) is 73.5 Å². The van der Waals surface area contributed by atoms with E-state index < -0.39 is 0 Å². The van der Waals surface area contributed by atoms with E-state index in [-0.39, 0.29) is 35.7 Å². The number of benzene rings is 2. The predicted molar refractivity (Wildman–Crippen MR) is 160 cm³/mol. The van der Waals surface area contributed by atoms with Crippen LogP contribution in [0, 0.1) is 5.92 Å². The number of rotatable bonds is 19. The van der Waals surface area contributed by atoms with Crippen molar-refractivity contribution < 1.29 is 28.6 Å². The van der Waals surface area contributed by atoms with Gasteiger partial charge in [0, 0.05) is 33.0 Å². The van der Waals surface area contributed by atoms with Crippen LogP contribution in [0.25, 0.3) is 0 Å². The molecule has 0 saturated heterocycles. The van der Waals surface area contributed by atoms with Gasteiger partial charge in [0.2, 0.25) is 0 Å². The van der Waals surface area contributed by atoms with E-state index in [0.29, 0.717) is 19.4 Å². The number of Topliss-reactive ketones (excluding diaryl/α,β-unsaturated/α-hetero) is 2. The van der Waals surface area contributed by atoms with Gasteiger partial charge in [0.05, 0.1) is 18.8 Å². The molecule has 6 heteroatoms. The second-order valence-electron chi connectivity index (χ2n) is 10.2. The van der Waals surface area contributed by atoms with Crippen LogP contribution in [0.15, 0.2) is 60.7 Å². The number of carbonyl (C=O) groups is 3. The van der Waals surface area contributed by atoms with Gasteiger partial charge < -0.3 is 14.2 Å². The summed E-state index contributed by atoms with van der Waals surface area (Å²) in [6.07, 6.45) is 8.07. The van der Waals surface area contributed by atoms with Crippen molar-refractivity contribution in [3.63, 3.8) is 0 Å². The van der Waals surface area contributed by atoms with Gasteiger partial charge in [0.1, 0.15) is 11.6 Å². The van der Waals surface area contributed by atoms with Crippen LogP contribution in [0.5, 0.6) is 0 Å². The molecule has 6 nitrogen and oxygen atoms in total. The number of ketones is 2. The fourth-order valence-electron chi connectivity index (χ4n) is 4.73. The Hall–Kier alpha value is -2.83. The largest absolute Gasteiger partial charge is 0.466 e. The molecule has 0 radical (unpaired) electrons. The van der Waals surface area contributed by atoms with Crippen LogP contribution in [0.3, 0.4) is 0 Å². The van der Waals surface area contributed by atoms with Crippen molar-refractivity contribution in [2.75, 3.05) is 20.8 Å². The topological polar surface area (TPSA) is 78.9 Å². The molecule has 0 N–H and O–H groups in total. The number of hydrogen-bond donors (Lipinski definition) is 0. The highest BCUT2D eigenvalue weighted by Gasteiger charge is 2.25. The Morgan fingerprint density at radius 2 is 1.30 bits per heavy atom. The van der Waals surface area contributed by atoms with Crippen molar-refractivity contribution >= 4 is 17.5 Å². The average molecular weight is 555 g/mol. The highest BCUT2D eigenvalue weighted by atomic mass is 16.5. The molecule has 2 aromatic carbocycles. The van der Waals surface area contributed by atoms with Crippen LogP contribution < -0.4 is 0 Å². The SMILES string of the molecule is CCOC(=O)CCCCCC(C(C)=O)C(CCc1ccccc1)OC.COC(CCc1ccccc1)CC(C)=O. The molecule has 40 heavy (non-hydrogen) atoms. The number of carbonyl (C=O) groups excluding carboxylic acids is 3. The Labute approximate surface area is 241 Å². The molecule has 0 aliphatic rings. The van der Waals surface area contributed by atoms with E-state index in [2.05, 4.69) is 24.3 Å². The molecule has 0 saturated carbocycles. The van der Waals surface area contributed by atoms with Gasteiger partial charge in [-0.3, -0.25) is 14.4 Å². The molecule has 3 unspecified atom stereocenters. The maximum absolute atomic E-state index is 12.1. The molecule has 0 spiro atoms.